The highest BCUT2D eigenvalue weighted by Gasteiger charge is 2.14. The molecule has 0 fully saturated rings. The van der Waals surface area contributed by atoms with Crippen molar-refractivity contribution in [2.24, 2.45) is 0 Å². The highest BCUT2D eigenvalue weighted by Crippen LogP contribution is 2.11. The molecule has 2 aromatic carbocycles. The number of hydrogen-bond donors (Lipinski definition) is 1. The van der Waals surface area contributed by atoms with Gasteiger partial charge >= 0.3 is 0 Å². The molecule has 0 aliphatic rings. The summed E-state index contributed by atoms with van der Waals surface area (Å²) < 4.78 is 0. The Kier molecular flexibility index (Phi) is 8.22. The largest absolute Gasteiger partial charge is 0.338 e. The van der Waals surface area contributed by atoms with Crippen molar-refractivity contribution in [1.82, 2.24) is 4.90 Å². The van der Waals surface area contributed by atoms with Crippen LogP contribution in [-0.4, -0.2) is 34.8 Å². The maximum Gasteiger partial charge on any atom is 0.234 e. The average Bonchev–Trinajstić information content (AvgIpc) is 2.64. The van der Waals surface area contributed by atoms with Gasteiger partial charge in [0.25, 0.3) is 0 Å². The molecule has 0 saturated carbocycles. The Bertz CT molecular complexity index is 702. The summed E-state index contributed by atoms with van der Waals surface area (Å²) in [5.74, 6) is 0.569. The molecule has 2 amide bonds. The Morgan fingerprint density at radius 2 is 1.69 bits per heavy atom. The Labute approximate surface area is 160 Å². The first-order valence-corrected chi connectivity index (χ1v) is 10.00. The van der Waals surface area contributed by atoms with Gasteiger partial charge in [-0.25, -0.2) is 0 Å². The lowest BCUT2D eigenvalue weighted by Crippen LogP contribution is -2.33. The standard InChI is InChI=1S/C21H26N2O2S/c1-3-13-23(14-18-7-5-4-6-8-18)21(25)16-26-15-20(24)22-19-11-9-17(2)10-12-19/h4-12H,3,13-16H2,1-2H3,(H,22,24). The third-order valence-electron chi connectivity index (χ3n) is 3.86. The van der Waals surface area contributed by atoms with E-state index < -0.39 is 0 Å². The number of thioether (sulfide) groups is 1. The predicted molar refractivity (Wildman–Crippen MR) is 109 cm³/mol. The van der Waals surface area contributed by atoms with Crippen molar-refractivity contribution in [2.45, 2.75) is 26.8 Å². The second-order valence-corrected chi connectivity index (χ2v) is 7.19. The minimum Gasteiger partial charge on any atom is -0.338 e. The lowest BCUT2D eigenvalue weighted by molar-refractivity contribution is -0.129. The second kappa shape index (κ2) is 10.7. The molecule has 0 atom stereocenters. The van der Waals surface area contributed by atoms with Crippen LogP contribution in [0.5, 0.6) is 0 Å². The molecule has 0 aromatic heterocycles. The molecular formula is C21H26N2O2S. The molecule has 0 heterocycles. The molecule has 0 spiro atoms. The molecule has 0 radical (unpaired) electrons. The van der Waals surface area contributed by atoms with Crippen LogP contribution in [0.15, 0.2) is 54.6 Å². The smallest absolute Gasteiger partial charge is 0.234 e. The number of carbonyl (C=O) groups excluding carboxylic acids is 2. The zero-order valence-corrected chi connectivity index (χ0v) is 16.2. The third kappa shape index (κ3) is 6.92. The number of nitrogens with one attached hydrogen (secondary N) is 1. The van der Waals surface area contributed by atoms with Gasteiger partial charge in [0, 0.05) is 18.8 Å². The first-order valence-electron chi connectivity index (χ1n) is 8.84. The van der Waals surface area contributed by atoms with Gasteiger partial charge in [-0.05, 0) is 31.0 Å². The fourth-order valence-electron chi connectivity index (χ4n) is 2.52. The van der Waals surface area contributed by atoms with E-state index in [-0.39, 0.29) is 17.6 Å². The summed E-state index contributed by atoms with van der Waals surface area (Å²) in [7, 11) is 0. The first-order chi connectivity index (χ1) is 12.6. The van der Waals surface area contributed by atoms with Gasteiger partial charge in [0.2, 0.25) is 11.8 Å². The number of amides is 2. The van der Waals surface area contributed by atoms with Crippen LogP contribution < -0.4 is 5.32 Å². The maximum atomic E-state index is 12.5. The summed E-state index contributed by atoms with van der Waals surface area (Å²) >= 11 is 1.35. The molecule has 138 valence electrons. The van der Waals surface area contributed by atoms with Crippen LogP contribution in [0.4, 0.5) is 5.69 Å². The van der Waals surface area contributed by atoms with E-state index in [1.165, 1.54) is 11.8 Å². The minimum absolute atomic E-state index is 0.0730. The van der Waals surface area contributed by atoms with E-state index in [4.69, 9.17) is 0 Å². The number of hydrogen-bond acceptors (Lipinski definition) is 3. The van der Waals surface area contributed by atoms with Crippen molar-refractivity contribution < 1.29 is 9.59 Å². The van der Waals surface area contributed by atoms with E-state index in [0.29, 0.717) is 12.3 Å². The van der Waals surface area contributed by atoms with Crippen molar-refractivity contribution in [3.05, 3.63) is 65.7 Å². The van der Waals surface area contributed by atoms with Gasteiger partial charge in [-0.1, -0.05) is 55.0 Å². The first kappa shape index (κ1) is 20.0. The number of rotatable bonds is 9. The number of benzene rings is 2. The molecule has 0 aliphatic carbocycles. The quantitative estimate of drug-likeness (QED) is 0.723. The lowest BCUT2D eigenvalue weighted by atomic mass is 10.2. The second-order valence-electron chi connectivity index (χ2n) is 6.21. The number of anilines is 1. The fraction of sp³-hybridized carbons (Fsp3) is 0.333. The summed E-state index contributed by atoms with van der Waals surface area (Å²) in [6.45, 7) is 5.41. The van der Waals surface area contributed by atoms with Crippen molar-refractivity contribution in [1.29, 1.82) is 0 Å². The Morgan fingerprint density at radius 3 is 2.35 bits per heavy atom. The van der Waals surface area contributed by atoms with E-state index in [1.54, 1.807) is 0 Å². The monoisotopic (exact) mass is 370 g/mol. The predicted octanol–water partition coefficient (Wildman–Crippen LogP) is 4.11. The molecule has 5 heteroatoms. The molecule has 0 aliphatic heterocycles. The number of nitrogens with zero attached hydrogens (tertiary/aromatic N) is 1. The topological polar surface area (TPSA) is 49.4 Å². The van der Waals surface area contributed by atoms with Crippen molar-refractivity contribution in [3.63, 3.8) is 0 Å². The summed E-state index contributed by atoms with van der Waals surface area (Å²) in [6.07, 6.45) is 0.914. The number of aryl methyl sites for hydroxylation is 1. The molecule has 4 nitrogen and oxygen atoms in total. The summed E-state index contributed by atoms with van der Waals surface area (Å²) in [5.41, 5.74) is 3.05. The minimum atomic E-state index is -0.0863. The third-order valence-corrected chi connectivity index (χ3v) is 4.77. The van der Waals surface area contributed by atoms with Gasteiger partial charge in [-0.15, -0.1) is 11.8 Å². The van der Waals surface area contributed by atoms with Gasteiger partial charge in [0.1, 0.15) is 0 Å². The molecule has 0 bridgehead atoms. The van der Waals surface area contributed by atoms with Crippen molar-refractivity contribution in [2.75, 3.05) is 23.4 Å². The van der Waals surface area contributed by atoms with Gasteiger partial charge in [-0.2, -0.15) is 0 Å². The van der Waals surface area contributed by atoms with Crippen LogP contribution in [0.2, 0.25) is 0 Å². The van der Waals surface area contributed by atoms with Crippen LogP contribution in [-0.2, 0) is 16.1 Å². The van der Waals surface area contributed by atoms with E-state index in [9.17, 15) is 9.59 Å². The van der Waals surface area contributed by atoms with Gasteiger partial charge in [-0.3, -0.25) is 9.59 Å². The van der Waals surface area contributed by atoms with Gasteiger partial charge in [0.15, 0.2) is 0 Å². The summed E-state index contributed by atoms with van der Waals surface area (Å²) in [5, 5.41) is 2.85. The molecule has 2 rings (SSSR count). The van der Waals surface area contributed by atoms with Crippen molar-refractivity contribution >= 4 is 29.3 Å². The normalized spacial score (nSPS) is 10.4. The van der Waals surface area contributed by atoms with Crippen molar-refractivity contribution in [3.8, 4) is 0 Å². The van der Waals surface area contributed by atoms with E-state index in [0.717, 1.165) is 29.8 Å². The highest BCUT2D eigenvalue weighted by atomic mass is 32.2. The lowest BCUT2D eigenvalue weighted by Gasteiger charge is -2.22. The van der Waals surface area contributed by atoms with Gasteiger partial charge < -0.3 is 10.2 Å². The SMILES string of the molecule is CCCN(Cc1ccccc1)C(=O)CSCC(=O)Nc1ccc(C)cc1. The van der Waals surface area contributed by atoms with Crippen LogP contribution in [0, 0.1) is 6.92 Å². The van der Waals surface area contributed by atoms with Gasteiger partial charge in [0.05, 0.1) is 11.5 Å². The molecule has 0 saturated heterocycles. The van der Waals surface area contributed by atoms with E-state index in [2.05, 4.69) is 12.2 Å². The Balaban J connectivity index is 1.77. The highest BCUT2D eigenvalue weighted by molar-refractivity contribution is 8.00. The summed E-state index contributed by atoms with van der Waals surface area (Å²) in [6, 6.07) is 17.7. The number of carbonyl (C=O) groups is 2. The van der Waals surface area contributed by atoms with E-state index >= 15 is 0 Å². The van der Waals surface area contributed by atoms with Crippen LogP contribution >= 0.6 is 11.8 Å². The molecule has 2 aromatic rings. The molecular weight excluding hydrogens is 344 g/mol. The molecule has 1 N–H and O–H groups in total. The Hall–Kier alpha value is -2.27. The van der Waals surface area contributed by atoms with Crippen LogP contribution in [0.1, 0.15) is 24.5 Å². The zero-order valence-electron chi connectivity index (χ0n) is 15.4. The van der Waals surface area contributed by atoms with Crippen LogP contribution in [0.25, 0.3) is 0 Å². The molecule has 0 unspecified atom stereocenters. The van der Waals surface area contributed by atoms with E-state index in [1.807, 2.05) is 66.4 Å². The zero-order chi connectivity index (χ0) is 18.8. The average molecular weight is 371 g/mol. The van der Waals surface area contributed by atoms with Crippen LogP contribution in [0.3, 0.4) is 0 Å². The summed E-state index contributed by atoms with van der Waals surface area (Å²) in [4.78, 5) is 26.4. The maximum absolute atomic E-state index is 12.5. The fourth-order valence-corrected chi connectivity index (χ4v) is 3.24. The Morgan fingerprint density at radius 1 is 1.00 bits per heavy atom. The molecule has 26 heavy (non-hydrogen) atoms.